The molecule has 0 bridgehead atoms. The molecule has 0 spiro atoms. The lowest BCUT2D eigenvalue weighted by atomic mass is 10.3. The number of Topliss-reactive ketones (excluding diaryl/α,β-unsaturated/α-hetero) is 1. The largest absolute Gasteiger partial charge is 0.461 e. The van der Waals surface area contributed by atoms with Crippen molar-refractivity contribution >= 4 is 38.8 Å². The van der Waals surface area contributed by atoms with Crippen LogP contribution in [0, 0.1) is 0 Å². The van der Waals surface area contributed by atoms with E-state index in [1.54, 1.807) is 0 Å². The fourth-order valence-corrected chi connectivity index (χ4v) is 3.50. The number of furan rings is 1. The third-order valence-electron chi connectivity index (χ3n) is 2.35. The minimum atomic E-state index is -3.86. The minimum absolute atomic E-state index is 0.0123. The van der Waals surface area contributed by atoms with E-state index in [1.807, 2.05) is 0 Å². The highest BCUT2D eigenvalue weighted by molar-refractivity contribution is 7.92. The van der Waals surface area contributed by atoms with Gasteiger partial charge in [-0.2, -0.15) is 0 Å². The molecule has 2 rings (SSSR count). The third kappa shape index (κ3) is 3.18. The lowest BCUT2D eigenvalue weighted by molar-refractivity contribution is 0.0990. The summed E-state index contributed by atoms with van der Waals surface area (Å²) >= 11 is 11.5. The van der Waals surface area contributed by atoms with Gasteiger partial charge in [-0.25, -0.2) is 8.42 Å². The Balaban J connectivity index is 2.33. The van der Waals surface area contributed by atoms with Crippen molar-refractivity contribution in [1.29, 1.82) is 0 Å². The van der Waals surface area contributed by atoms with Crippen LogP contribution in [-0.2, 0) is 9.84 Å². The zero-order valence-electron chi connectivity index (χ0n) is 9.47. The molecule has 0 fully saturated rings. The first-order valence-electron chi connectivity index (χ1n) is 5.14. The highest BCUT2D eigenvalue weighted by Gasteiger charge is 2.24. The first-order chi connectivity index (χ1) is 8.90. The average molecular weight is 319 g/mol. The van der Waals surface area contributed by atoms with Crippen molar-refractivity contribution in [1.82, 2.24) is 0 Å². The van der Waals surface area contributed by atoms with Gasteiger partial charge in [-0.3, -0.25) is 4.79 Å². The van der Waals surface area contributed by atoms with E-state index in [4.69, 9.17) is 27.6 Å². The Bertz CT molecular complexity index is 705. The van der Waals surface area contributed by atoms with Gasteiger partial charge in [0, 0.05) is 5.02 Å². The number of carbonyl (C=O) groups excluding carboxylic acids is 1. The lowest BCUT2D eigenvalue weighted by Gasteiger charge is -2.05. The predicted octanol–water partition coefficient (Wildman–Crippen LogP) is 3.24. The van der Waals surface area contributed by atoms with E-state index in [0.717, 1.165) is 0 Å². The number of halogens is 2. The molecule has 7 heteroatoms. The second-order valence-electron chi connectivity index (χ2n) is 3.73. The molecule has 2 aromatic rings. The van der Waals surface area contributed by atoms with Crippen molar-refractivity contribution in [3.8, 4) is 0 Å². The first-order valence-corrected chi connectivity index (χ1v) is 7.55. The molecular weight excluding hydrogens is 311 g/mol. The smallest absolute Gasteiger partial charge is 0.213 e. The van der Waals surface area contributed by atoms with Gasteiger partial charge in [0.25, 0.3) is 0 Å². The number of sulfone groups is 1. The second-order valence-corrected chi connectivity index (χ2v) is 6.54. The molecule has 0 saturated carbocycles. The summed E-state index contributed by atoms with van der Waals surface area (Å²) in [6.07, 6.45) is 1.30. The number of hydrogen-bond acceptors (Lipinski definition) is 4. The average Bonchev–Trinajstić information content (AvgIpc) is 2.85. The predicted molar refractivity (Wildman–Crippen MR) is 71.6 cm³/mol. The van der Waals surface area contributed by atoms with Gasteiger partial charge < -0.3 is 4.42 Å². The van der Waals surface area contributed by atoms with E-state index in [9.17, 15) is 13.2 Å². The van der Waals surface area contributed by atoms with Gasteiger partial charge in [0.1, 0.15) is 5.75 Å². The van der Waals surface area contributed by atoms with Crippen molar-refractivity contribution in [2.24, 2.45) is 0 Å². The van der Waals surface area contributed by atoms with E-state index < -0.39 is 21.4 Å². The van der Waals surface area contributed by atoms with Crippen LogP contribution < -0.4 is 0 Å². The van der Waals surface area contributed by atoms with Crippen molar-refractivity contribution in [3.05, 3.63) is 52.4 Å². The zero-order valence-corrected chi connectivity index (χ0v) is 11.8. The Kier molecular flexibility index (Phi) is 3.99. The maximum atomic E-state index is 12.1. The minimum Gasteiger partial charge on any atom is -0.461 e. The maximum Gasteiger partial charge on any atom is 0.213 e. The van der Waals surface area contributed by atoms with Crippen LogP contribution in [0.5, 0.6) is 0 Å². The van der Waals surface area contributed by atoms with E-state index in [0.29, 0.717) is 0 Å². The molecule has 100 valence electrons. The van der Waals surface area contributed by atoms with Crippen molar-refractivity contribution < 1.29 is 17.6 Å². The van der Waals surface area contributed by atoms with Crippen LogP contribution in [-0.4, -0.2) is 20.0 Å². The summed E-state index contributed by atoms with van der Waals surface area (Å²) in [7, 11) is -3.86. The van der Waals surface area contributed by atoms with Crippen LogP contribution >= 0.6 is 23.2 Å². The molecule has 0 aliphatic rings. The summed E-state index contributed by atoms with van der Waals surface area (Å²) in [4.78, 5) is 11.6. The summed E-state index contributed by atoms with van der Waals surface area (Å²) in [5, 5.41) is 0.255. The van der Waals surface area contributed by atoms with Gasteiger partial charge in [-0.05, 0) is 30.3 Å². The molecule has 0 saturated heterocycles. The van der Waals surface area contributed by atoms with Gasteiger partial charge in [0.15, 0.2) is 15.6 Å². The second kappa shape index (κ2) is 5.36. The Morgan fingerprint density at radius 2 is 1.95 bits per heavy atom. The molecule has 4 nitrogen and oxygen atoms in total. The molecule has 0 N–H and O–H groups in total. The topological polar surface area (TPSA) is 64.3 Å². The quantitative estimate of drug-likeness (QED) is 0.812. The van der Waals surface area contributed by atoms with Crippen LogP contribution in [0.15, 0.2) is 45.9 Å². The number of rotatable bonds is 4. The van der Waals surface area contributed by atoms with Gasteiger partial charge in [0.05, 0.1) is 16.2 Å². The van der Waals surface area contributed by atoms with Crippen LogP contribution in [0.4, 0.5) is 0 Å². The third-order valence-corrected chi connectivity index (χ3v) is 4.67. The fourth-order valence-electron chi connectivity index (χ4n) is 1.47. The van der Waals surface area contributed by atoms with E-state index >= 15 is 0 Å². The molecule has 0 unspecified atom stereocenters. The fraction of sp³-hybridized carbons (Fsp3) is 0.0833. The van der Waals surface area contributed by atoms with Gasteiger partial charge >= 0.3 is 0 Å². The summed E-state index contributed by atoms with van der Waals surface area (Å²) in [6.45, 7) is 0. The van der Waals surface area contributed by atoms with Gasteiger partial charge in [-0.1, -0.05) is 23.2 Å². The van der Waals surface area contributed by atoms with E-state index in [1.165, 1.54) is 36.6 Å². The highest BCUT2D eigenvalue weighted by atomic mass is 35.5. The molecule has 1 aromatic carbocycles. The maximum absolute atomic E-state index is 12.1. The molecule has 0 amide bonds. The summed E-state index contributed by atoms with van der Waals surface area (Å²) in [5.74, 6) is -1.37. The van der Waals surface area contributed by atoms with Crippen molar-refractivity contribution in [3.63, 3.8) is 0 Å². The molecule has 19 heavy (non-hydrogen) atoms. The molecule has 0 aliphatic carbocycles. The van der Waals surface area contributed by atoms with Crippen LogP contribution in [0.3, 0.4) is 0 Å². The SMILES string of the molecule is O=C(CS(=O)(=O)c1cc(Cl)ccc1Cl)c1ccco1. The Labute approximate surface area is 119 Å². The molecule has 1 aromatic heterocycles. The summed E-state index contributed by atoms with van der Waals surface area (Å²) in [5.41, 5.74) is 0. The Morgan fingerprint density at radius 1 is 1.21 bits per heavy atom. The number of benzene rings is 1. The number of ketones is 1. The van der Waals surface area contributed by atoms with Crippen LogP contribution in [0.25, 0.3) is 0 Å². The molecule has 0 atom stereocenters. The zero-order chi connectivity index (χ0) is 14.0. The van der Waals surface area contributed by atoms with E-state index in [-0.39, 0.29) is 20.7 Å². The normalized spacial score (nSPS) is 11.5. The number of carbonyl (C=O) groups is 1. The molecule has 0 radical (unpaired) electrons. The molecule has 0 aliphatic heterocycles. The highest BCUT2D eigenvalue weighted by Crippen LogP contribution is 2.26. The Morgan fingerprint density at radius 3 is 2.58 bits per heavy atom. The van der Waals surface area contributed by atoms with Gasteiger partial charge in [-0.15, -0.1) is 0 Å². The van der Waals surface area contributed by atoms with E-state index in [2.05, 4.69) is 0 Å². The molecule has 1 heterocycles. The summed E-state index contributed by atoms with van der Waals surface area (Å²) in [6, 6.07) is 6.96. The monoisotopic (exact) mass is 318 g/mol. The standard InChI is InChI=1S/C12H8Cl2O4S/c13-8-3-4-9(14)12(6-8)19(16,17)7-10(15)11-2-1-5-18-11/h1-6H,7H2. The molecular formula is C12H8Cl2O4S. The van der Waals surface area contributed by atoms with Crippen molar-refractivity contribution in [2.75, 3.05) is 5.75 Å². The van der Waals surface area contributed by atoms with Crippen LogP contribution in [0.2, 0.25) is 10.0 Å². The van der Waals surface area contributed by atoms with Crippen molar-refractivity contribution in [2.45, 2.75) is 4.90 Å². The lowest BCUT2D eigenvalue weighted by Crippen LogP contribution is -2.16. The summed E-state index contributed by atoms with van der Waals surface area (Å²) < 4.78 is 29.1. The number of hydrogen-bond donors (Lipinski definition) is 0. The van der Waals surface area contributed by atoms with Gasteiger partial charge in [0.2, 0.25) is 5.78 Å². The van der Waals surface area contributed by atoms with Crippen LogP contribution in [0.1, 0.15) is 10.6 Å². The Hall–Kier alpha value is -1.30. The first kappa shape index (κ1) is 14.1.